The summed E-state index contributed by atoms with van der Waals surface area (Å²) in [6.45, 7) is 9.83. The standard InChI is InChI=1S/C36H48N6O5/c1-25(2)16-17-28(43)12-9-21-47-22-10-20-37-32(44)18-19-34(46)41-23-27-11-5-6-13-29(27)36-35(30-14-7-8-15-31(30)41)39-40-42(36)24-33(45)38-26(3)4/h5-8,11,13-15,25-26H,9-10,12,16-24H2,1-4H3,(H,37,44)(H,38,45). The molecule has 0 radical (unpaired) electrons. The molecule has 2 aromatic carbocycles. The lowest BCUT2D eigenvalue weighted by Gasteiger charge is -2.28. The molecule has 0 unspecified atom stereocenters. The Balaban J connectivity index is 1.34. The average Bonchev–Trinajstić information content (AvgIpc) is 3.43. The second kappa shape index (κ2) is 17.5. The van der Waals surface area contributed by atoms with E-state index in [4.69, 9.17) is 4.74 Å². The molecule has 2 heterocycles. The van der Waals surface area contributed by atoms with E-state index in [0.717, 1.165) is 28.8 Å². The van der Waals surface area contributed by atoms with Gasteiger partial charge in [-0.15, -0.1) is 5.10 Å². The van der Waals surface area contributed by atoms with Gasteiger partial charge in [-0.2, -0.15) is 0 Å². The summed E-state index contributed by atoms with van der Waals surface area (Å²) in [5, 5.41) is 14.6. The number of carbonyl (C=O) groups is 4. The number of Topliss-reactive ketones (excluding diaryl/α,β-unsaturated/α-hetero) is 1. The number of ether oxygens (including phenoxy) is 1. The molecule has 0 atom stereocenters. The molecule has 1 aromatic heterocycles. The monoisotopic (exact) mass is 644 g/mol. The van der Waals surface area contributed by atoms with Gasteiger partial charge in [-0.1, -0.05) is 61.5 Å². The van der Waals surface area contributed by atoms with Crippen molar-refractivity contribution in [3.63, 3.8) is 0 Å². The highest BCUT2D eigenvalue weighted by atomic mass is 16.5. The molecule has 0 fully saturated rings. The molecular formula is C36H48N6O5. The van der Waals surface area contributed by atoms with E-state index >= 15 is 0 Å². The predicted octanol–water partition coefficient (Wildman–Crippen LogP) is 5.07. The summed E-state index contributed by atoms with van der Waals surface area (Å²) in [4.78, 5) is 52.6. The molecule has 11 nitrogen and oxygen atoms in total. The van der Waals surface area contributed by atoms with Crippen molar-refractivity contribution in [1.29, 1.82) is 0 Å². The molecule has 4 rings (SSSR count). The van der Waals surface area contributed by atoms with Crippen molar-refractivity contribution in [2.24, 2.45) is 5.92 Å². The van der Waals surface area contributed by atoms with Crippen LogP contribution in [-0.4, -0.2) is 64.3 Å². The molecule has 0 aliphatic carbocycles. The van der Waals surface area contributed by atoms with Crippen LogP contribution in [0.15, 0.2) is 48.5 Å². The van der Waals surface area contributed by atoms with Gasteiger partial charge in [-0.3, -0.25) is 19.2 Å². The second-order valence-electron chi connectivity index (χ2n) is 12.7. The first kappa shape index (κ1) is 35.5. The second-order valence-corrected chi connectivity index (χ2v) is 12.7. The lowest BCUT2D eigenvalue weighted by molar-refractivity contribution is -0.125. The number of hydrogen-bond acceptors (Lipinski definition) is 7. The van der Waals surface area contributed by atoms with Crippen molar-refractivity contribution in [3.8, 4) is 22.5 Å². The van der Waals surface area contributed by atoms with Crippen LogP contribution in [0.25, 0.3) is 22.5 Å². The van der Waals surface area contributed by atoms with Gasteiger partial charge >= 0.3 is 0 Å². The number of fused-ring (bicyclic) bond motifs is 5. The minimum atomic E-state index is -0.195. The summed E-state index contributed by atoms with van der Waals surface area (Å²) in [5.74, 6) is 0.282. The quantitative estimate of drug-likeness (QED) is 0.196. The number of para-hydroxylation sites is 1. The Hall–Kier alpha value is -4.38. The summed E-state index contributed by atoms with van der Waals surface area (Å²) in [7, 11) is 0. The minimum Gasteiger partial charge on any atom is -0.381 e. The zero-order chi connectivity index (χ0) is 33.8. The number of amides is 3. The summed E-state index contributed by atoms with van der Waals surface area (Å²) in [5.41, 5.74) is 4.43. The highest BCUT2D eigenvalue weighted by Crippen LogP contribution is 2.41. The number of ketones is 1. The number of aromatic nitrogens is 3. The minimum absolute atomic E-state index is 0.00506. The summed E-state index contributed by atoms with van der Waals surface area (Å²) < 4.78 is 7.23. The fraction of sp³-hybridized carbons (Fsp3) is 0.500. The Morgan fingerprint density at radius 1 is 0.851 bits per heavy atom. The Morgan fingerprint density at radius 3 is 2.34 bits per heavy atom. The molecule has 2 N–H and O–H groups in total. The summed E-state index contributed by atoms with van der Waals surface area (Å²) in [6, 6.07) is 15.3. The van der Waals surface area contributed by atoms with Crippen molar-refractivity contribution < 1.29 is 23.9 Å². The molecule has 252 valence electrons. The molecule has 3 aromatic rings. The molecule has 0 spiro atoms. The lowest BCUT2D eigenvalue weighted by atomic mass is 9.95. The van der Waals surface area contributed by atoms with Crippen LogP contribution in [-0.2, 0) is 37.0 Å². The zero-order valence-electron chi connectivity index (χ0n) is 28.1. The maximum absolute atomic E-state index is 13.7. The number of nitrogens with zero attached hydrogens (tertiary/aromatic N) is 4. The van der Waals surface area contributed by atoms with Crippen LogP contribution in [0.5, 0.6) is 0 Å². The predicted molar refractivity (Wildman–Crippen MR) is 181 cm³/mol. The van der Waals surface area contributed by atoms with Gasteiger partial charge in [0.05, 0.1) is 17.9 Å². The number of benzene rings is 2. The molecule has 0 saturated heterocycles. The first-order valence-corrected chi connectivity index (χ1v) is 16.7. The van der Waals surface area contributed by atoms with Gasteiger partial charge in [0.15, 0.2) is 0 Å². The Kier molecular flexibility index (Phi) is 13.2. The number of anilines is 1. The fourth-order valence-corrected chi connectivity index (χ4v) is 5.55. The van der Waals surface area contributed by atoms with E-state index in [1.54, 1.807) is 9.58 Å². The van der Waals surface area contributed by atoms with Crippen molar-refractivity contribution in [2.45, 2.75) is 91.8 Å². The Bertz CT molecular complexity index is 1530. The molecule has 0 bridgehead atoms. The molecule has 3 amide bonds. The molecule has 11 heteroatoms. The fourth-order valence-electron chi connectivity index (χ4n) is 5.55. The van der Waals surface area contributed by atoms with E-state index in [-0.39, 0.29) is 55.5 Å². The average molecular weight is 645 g/mol. The van der Waals surface area contributed by atoms with E-state index in [2.05, 4.69) is 34.8 Å². The molecule has 47 heavy (non-hydrogen) atoms. The van der Waals surface area contributed by atoms with E-state index < -0.39 is 0 Å². The molecular weight excluding hydrogens is 596 g/mol. The SMILES string of the molecule is CC(C)CCC(=O)CCCOCCCNC(=O)CCC(=O)N1Cc2ccccc2-c2c(nnn2CC(=O)NC(C)C)-c2ccccc21. The van der Waals surface area contributed by atoms with Crippen LogP contribution >= 0.6 is 0 Å². The van der Waals surface area contributed by atoms with E-state index in [9.17, 15) is 19.2 Å². The lowest BCUT2D eigenvalue weighted by Crippen LogP contribution is -2.34. The van der Waals surface area contributed by atoms with Crippen molar-refractivity contribution in [2.75, 3.05) is 24.7 Å². The van der Waals surface area contributed by atoms with E-state index in [1.165, 1.54) is 0 Å². The zero-order valence-corrected chi connectivity index (χ0v) is 28.1. The van der Waals surface area contributed by atoms with Crippen LogP contribution in [0.3, 0.4) is 0 Å². The molecule has 1 aliphatic rings. The van der Waals surface area contributed by atoms with Gasteiger partial charge in [0.1, 0.15) is 18.0 Å². The third-order valence-electron chi connectivity index (χ3n) is 7.93. The van der Waals surface area contributed by atoms with Crippen LogP contribution in [0.1, 0.15) is 78.2 Å². The summed E-state index contributed by atoms with van der Waals surface area (Å²) in [6.07, 6.45) is 3.57. The van der Waals surface area contributed by atoms with E-state index in [0.29, 0.717) is 62.7 Å². The van der Waals surface area contributed by atoms with Gasteiger partial charge in [0.25, 0.3) is 0 Å². The number of carbonyl (C=O) groups excluding carboxylic acids is 4. The van der Waals surface area contributed by atoms with Crippen LogP contribution in [0, 0.1) is 5.92 Å². The highest BCUT2D eigenvalue weighted by Gasteiger charge is 2.29. The van der Waals surface area contributed by atoms with Crippen LogP contribution < -0.4 is 15.5 Å². The van der Waals surface area contributed by atoms with Gasteiger partial charge in [0.2, 0.25) is 17.7 Å². The van der Waals surface area contributed by atoms with Crippen molar-refractivity contribution >= 4 is 29.2 Å². The number of rotatable bonds is 17. The number of nitrogens with one attached hydrogen (secondary N) is 2. The normalized spacial score (nSPS) is 12.2. The third kappa shape index (κ3) is 10.3. The maximum Gasteiger partial charge on any atom is 0.242 e. The smallest absolute Gasteiger partial charge is 0.242 e. The van der Waals surface area contributed by atoms with E-state index in [1.807, 2.05) is 62.4 Å². The molecule has 0 saturated carbocycles. The maximum atomic E-state index is 13.7. The third-order valence-corrected chi connectivity index (χ3v) is 7.93. The van der Waals surface area contributed by atoms with Gasteiger partial charge in [-0.05, 0) is 50.7 Å². The van der Waals surface area contributed by atoms with Crippen molar-refractivity contribution in [3.05, 3.63) is 54.1 Å². The Labute approximate surface area is 277 Å². The first-order valence-electron chi connectivity index (χ1n) is 16.7. The topological polar surface area (TPSA) is 136 Å². The Morgan fingerprint density at radius 2 is 1.57 bits per heavy atom. The van der Waals surface area contributed by atoms with Gasteiger partial charge in [0, 0.05) is 62.6 Å². The van der Waals surface area contributed by atoms with Gasteiger partial charge < -0.3 is 20.3 Å². The number of hydrogen-bond donors (Lipinski definition) is 2. The van der Waals surface area contributed by atoms with Crippen LogP contribution in [0.2, 0.25) is 0 Å². The van der Waals surface area contributed by atoms with Crippen LogP contribution in [0.4, 0.5) is 5.69 Å². The summed E-state index contributed by atoms with van der Waals surface area (Å²) >= 11 is 0. The first-order chi connectivity index (χ1) is 22.6. The highest BCUT2D eigenvalue weighted by molar-refractivity contribution is 6.01. The van der Waals surface area contributed by atoms with Crippen molar-refractivity contribution in [1.82, 2.24) is 25.6 Å². The largest absolute Gasteiger partial charge is 0.381 e. The molecule has 1 aliphatic heterocycles. The van der Waals surface area contributed by atoms with Gasteiger partial charge in [-0.25, -0.2) is 4.68 Å².